The van der Waals surface area contributed by atoms with Gasteiger partial charge in [0.2, 0.25) is 0 Å². The number of fused-ring (bicyclic) bond motifs is 1. The average Bonchev–Trinajstić information content (AvgIpc) is 2.59. The summed E-state index contributed by atoms with van der Waals surface area (Å²) in [5.74, 6) is 2.17. The Morgan fingerprint density at radius 3 is 2.62 bits per heavy atom. The van der Waals surface area contributed by atoms with E-state index in [-0.39, 0.29) is 6.10 Å². The van der Waals surface area contributed by atoms with E-state index in [9.17, 15) is 5.11 Å². The highest BCUT2D eigenvalue weighted by molar-refractivity contribution is 5.26. The normalized spacial score (nSPS) is 54.1. The van der Waals surface area contributed by atoms with Crippen LogP contribution in [0.2, 0.25) is 0 Å². The molecule has 90 valence electrons. The summed E-state index contributed by atoms with van der Waals surface area (Å²) in [5.41, 5.74) is 1.92. The molecule has 1 N–H and O–H groups in total. The van der Waals surface area contributed by atoms with Crippen molar-refractivity contribution in [3.05, 3.63) is 12.2 Å². The van der Waals surface area contributed by atoms with E-state index in [1.807, 2.05) is 0 Å². The van der Waals surface area contributed by atoms with Crippen molar-refractivity contribution in [1.29, 1.82) is 0 Å². The third-order valence-electron chi connectivity index (χ3n) is 6.39. The molecule has 0 aromatic heterocycles. The van der Waals surface area contributed by atoms with Gasteiger partial charge in [-0.25, -0.2) is 0 Å². The van der Waals surface area contributed by atoms with E-state index < -0.39 is 0 Å². The molecule has 2 bridgehead atoms. The van der Waals surface area contributed by atoms with Gasteiger partial charge in [0.05, 0.1) is 6.10 Å². The van der Waals surface area contributed by atoms with Crippen LogP contribution in [0.15, 0.2) is 12.2 Å². The molecule has 16 heavy (non-hydrogen) atoms. The topological polar surface area (TPSA) is 20.2 Å². The lowest BCUT2D eigenvalue weighted by Gasteiger charge is -2.40. The van der Waals surface area contributed by atoms with Crippen LogP contribution in [0.25, 0.3) is 0 Å². The second kappa shape index (κ2) is 2.93. The Balaban J connectivity index is 2.10. The fourth-order valence-electron chi connectivity index (χ4n) is 5.44. The van der Waals surface area contributed by atoms with Gasteiger partial charge in [-0.15, -0.1) is 0 Å². The highest BCUT2D eigenvalue weighted by Crippen LogP contribution is 2.72. The van der Waals surface area contributed by atoms with Gasteiger partial charge in [-0.2, -0.15) is 0 Å². The van der Waals surface area contributed by atoms with Crippen molar-refractivity contribution in [1.82, 2.24) is 0 Å². The Kier molecular flexibility index (Phi) is 1.98. The quantitative estimate of drug-likeness (QED) is 0.620. The monoisotopic (exact) mass is 220 g/mol. The highest BCUT2D eigenvalue weighted by atomic mass is 16.3. The first-order chi connectivity index (χ1) is 7.39. The lowest BCUT2D eigenvalue weighted by atomic mass is 9.66. The largest absolute Gasteiger partial charge is 0.389 e. The molecule has 3 aliphatic rings. The number of rotatable bonds is 0. The predicted molar refractivity (Wildman–Crippen MR) is 66.0 cm³/mol. The number of hydrogen-bond acceptors (Lipinski definition) is 1. The molecule has 0 aromatic carbocycles. The van der Waals surface area contributed by atoms with Gasteiger partial charge in [0.1, 0.15) is 0 Å². The molecule has 0 aliphatic heterocycles. The molecule has 0 saturated heterocycles. The lowest BCUT2D eigenvalue weighted by Crippen LogP contribution is -2.36. The van der Waals surface area contributed by atoms with E-state index in [2.05, 4.69) is 27.4 Å². The maximum absolute atomic E-state index is 10.3. The average molecular weight is 220 g/mol. The van der Waals surface area contributed by atoms with Gasteiger partial charge < -0.3 is 5.11 Å². The summed E-state index contributed by atoms with van der Waals surface area (Å²) in [6.45, 7) is 11.4. The molecule has 0 radical (unpaired) electrons. The smallest absolute Gasteiger partial charge is 0.0755 e. The van der Waals surface area contributed by atoms with Crippen molar-refractivity contribution >= 4 is 0 Å². The van der Waals surface area contributed by atoms with Crippen LogP contribution in [0.1, 0.15) is 46.5 Å². The molecule has 1 nitrogen and oxygen atoms in total. The Bertz CT molecular complexity index is 343. The van der Waals surface area contributed by atoms with Crippen molar-refractivity contribution < 1.29 is 5.11 Å². The molecule has 0 heterocycles. The minimum Gasteiger partial charge on any atom is -0.389 e. The van der Waals surface area contributed by atoms with Gasteiger partial charge >= 0.3 is 0 Å². The van der Waals surface area contributed by atoms with Crippen LogP contribution in [-0.4, -0.2) is 11.2 Å². The molecule has 0 amide bonds. The molecular formula is C15H24O. The summed E-state index contributed by atoms with van der Waals surface area (Å²) in [5, 5.41) is 10.3. The number of aliphatic hydroxyl groups is 1. The van der Waals surface area contributed by atoms with Crippen LogP contribution in [0.5, 0.6) is 0 Å². The van der Waals surface area contributed by atoms with Crippen molar-refractivity contribution in [3.8, 4) is 0 Å². The molecule has 2 unspecified atom stereocenters. The fourth-order valence-corrected chi connectivity index (χ4v) is 5.44. The summed E-state index contributed by atoms with van der Waals surface area (Å²) in [6, 6.07) is 0. The zero-order valence-corrected chi connectivity index (χ0v) is 10.8. The highest BCUT2D eigenvalue weighted by Gasteiger charge is 2.65. The summed E-state index contributed by atoms with van der Waals surface area (Å²) in [6.07, 6.45) is 4.77. The van der Waals surface area contributed by atoms with Crippen molar-refractivity contribution in [2.75, 3.05) is 0 Å². The van der Waals surface area contributed by atoms with Crippen LogP contribution in [0.3, 0.4) is 0 Å². The van der Waals surface area contributed by atoms with Crippen molar-refractivity contribution in [2.24, 2.45) is 28.6 Å². The Labute approximate surface area is 98.9 Å². The molecule has 3 aliphatic carbocycles. The zero-order chi connectivity index (χ0) is 11.7. The van der Waals surface area contributed by atoms with E-state index in [4.69, 9.17) is 0 Å². The molecule has 3 saturated carbocycles. The Hall–Kier alpha value is -0.300. The van der Waals surface area contributed by atoms with E-state index in [1.165, 1.54) is 19.3 Å². The third kappa shape index (κ3) is 1.01. The minimum absolute atomic E-state index is 0.233. The maximum atomic E-state index is 10.3. The first-order valence-electron chi connectivity index (χ1n) is 6.76. The van der Waals surface area contributed by atoms with Crippen LogP contribution in [0, 0.1) is 28.6 Å². The SMILES string of the molecule is C=C1C(O)C[C@@]23C[C@@H]1C(C)(C)C2CC[C@H]3C. The summed E-state index contributed by atoms with van der Waals surface area (Å²) in [4.78, 5) is 0. The van der Waals surface area contributed by atoms with E-state index >= 15 is 0 Å². The Morgan fingerprint density at radius 2 is 1.94 bits per heavy atom. The van der Waals surface area contributed by atoms with Gasteiger partial charge in [-0.05, 0) is 59.8 Å². The van der Waals surface area contributed by atoms with Crippen LogP contribution in [0.4, 0.5) is 0 Å². The lowest BCUT2D eigenvalue weighted by molar-refractivity contribution is 0.0530. The van der Waals surface area contributed by atoms with Gasteiger partial charge in [-0.1, -0.05) is 27.4 Å². The van der Waals surface area contributed by atoms with Gasteiger partial charge in [-0.3, -0.25) is 0 Å². The van der Waals surface area contributed by atoms with Crippen LogP contribution in [-0.2, 0) is 0 Å². The standard InChI is InChI=1S/C15H24O/c1-9-5-6-13-14(3,4)11-7-15(9,13)8-12(16)10(11)2/h9,11-13,16H,2,5-8H2,1,3-4H3/t9-,11+,12?,13?,15-/m1/s1. The van der Waals surface area contributed by atoms with Crippen molar-refractivity contribution in [3.63, 3.8) is 0 Å². The van der Waals surface area contributed by atoms with Gasteiger partial charge in [0.15, 0.2) is 0 Å². The second-order valence-electron chi connectivity index (χ2n) is 7.14. The molecular weight excluding hydrogens is 196 g/mol. The first kappa shape index (κ1) is 10.8. The van der Waals surface area contributed by atoms with E-state index in [0.29, 0.717) is 16.7 Å². The maximum Gasteiger partial charge on any atom is 0.0755 e. The van der Waals surface area contributed by atoms with Crippen molar-refractivity contribution in [2.45, 2.75) is 52.6 Å². The summed E-state index contributed by atoms with van der Waals surface area (Å²) < 4.78 is 0. The molecule has 1 heteroatoms. The second-order valence-corrected chi connectivity index (χ2v) is 7.14. The molecule has 3 rings (SSSR count). The van der Waals surface area contributed by atoms with E-state index in [1.54, 1.807) is 0 Å². The van der Waals surface area contributed by atoms with Crippen LogP contribution >= 0.6 is 0 Å². The molecule has 0 aromatic rings. The molecule has 1 spiro atoms. The first-order valence-corrected chi connectivity index (χ1v) is 6.76. The van der Waals surface area contributed by atoms with Gasteiger partial charge in [0, 0.05) is 0 Å². The summed E-state index contributed by atoms with van der Waals surface area (Å²) >= 11 is 0. The minimum atomic E-state index is -0.233. The third-order valence-corrected chi connectivity index (χ3v) is 6.39. The van der Waals surface area contributed by atoms with Crippen LogP contribution < -0.4 is 0 Å². The number of aliphatic hydroxyl groups excluding tert-OH is 1. The molecule has 5 atom stereocenters. The molecule has 3 fully saturated rings. The number of hydrogen-bond donors (Lipinski definition) is 1. The zero-order valence-electron chi connectivity index (χ0n) is 10.8. The fraction of sp³-hybridized carbons (Fsp3) is 0.867. The predicted octanol–water partition coefficient (Wildman–Crippen LogP) is 3.39. The van der Waals surface area contributed by atoms with E-state index in [0.717, 1.165) is 23.8 Å². The summed E-state index contributed by atoms with van der Waals surface area (Å²) in [7, 11) is 0. The Morgan fingerprint density at radius 1 is 1.25 bits per heavy atom. The van der Waals surface area contributed by atoms with Gasteiger partial charge in [0.25, 0.3) is 0 Å².